The van der Waals surface area contributed by atoms with Crippen LogP contribution >= 0.6 is 0 Å². The van der Waals surface area contributed by atoms with E-state index in [0.717, 1.165) is 51.3 Å². The molecule has 0 saturated heterocycles. The Hall–Kier alpha value is -6.64. The minimum atomic E-state index is 0.0544. The summed E-state index contributed by atoms with van der Waals surface area (Å²) in [6.45, 7) is 0. The van der Waals surface area contributed by atoms with E-state index in [4.69, 9.17) is 9.97 Å². The van der Waals surface area contributed by atoms with Crippen molar-refractivity contribution in [1.82, 2.24) is 9.97 Å². The molecule has 4 saturated carbocycles. The first-order chi connectivity index (χ1) is 29.7. The van der Waals surface area contributed by atoms with E-state index in [1.807, 2.05) is 0 Å². The SMILES string of the molecule is c1ccc(-c2nc(-c3ccccc3-c3ccccc3)cc(-c3c(-c4cccc5c4-c4cc6ccccc6cc4C54C5CC6CC(C5)CC4C6)ccc4ccccc34)n2)cc1. The third kappa shape index (κ3) is 5.00. The Kier molecular flexibility index (Phi) is 7.52. The zero-order chi connectivity index (χ0) is 39.4. The molecule has 14 rings (SSSR count). The highest BCUT2D eigenvalue weighted by Crippen LogP contribution is 2.70. The first-order valence-electron chi connectivity index (χ1n) is 22.0. The van der Waals surface area contributed by atoms with E-state index in [9.17, 15) is 0 Å². The van der Waals surface area contributed by atoms with Crippen molar-refractivity contribution in [2.75, 3.05) is 0 Å². The molecule has 0 amide bonds. The minimum absolute atomic E-state index is 0.0544. The summed E-state index contributed by atoms with van der Waals surface area (Å²) in [5, 5.41) is 5.09. The molecule has 2 heteroatoms. The molecular formula is C58H44N2. The van der Waals surface area contributed by atoms with E-state index >= 15 is 0 Å². The van der Waals surface area contributed by atoms with Crippen LogP contribution in [-0.2, 0) is 5.41 Å². The molecule has 0 atom stereocenters. The summed E-state index contributed by atoms with van der Waals surface area (Å²) in [4.78, 5) is 10.9. The van der Waals surface area contributed by atoms with Crippen molar-refractivity contribution in [1.29, 1.82) is 0 Å². The lowest BCUT2D eigenvalue weighted by Gasteiger charge is -2.61. The third-order valence-electron chi connectivity index (χ3n) is 15.1. The number of hydrogen-bond acceptors (Lipinski definition) is 2. The number of aromatic nitrogens is 2. The van der Waals surface area contributed by atoms with Crippen LogP contribution in [0.25, 0.3) is 88.8 Å². The molecule has 60 heavy (non-hydrogen) atoms. The maximum atomic E-state index is 5.55. The first-order valence-corrected chi connectivity index (χ1v) is 22.0. The maximum absolute atomic E-state index is 5.55. The third-order valence-corrected chi connectivity index (χ3v) is 15.1. The quantitative estimate of drug-likeness (QED) is 0.174. The van der Waals surface area contributed by atoms with Crippen LogP contribution in [0.4, 0.5) is 0 Å². The highest BCUT2D eigenvalue weighted by molar-refractivity contribution is 6.08. The number of hydrogen-bond donors (Lipinski definition) is 0. The Balaban J connectivity index is 1.10. The standard InChI is InChI=1S/C58H44N2/c1-3-14-38(15-4-1)45-21-11-12-23-47(45)53-35-54(60-57(59-53)40-17-5-2-6-18-40)56-46-22-10-9-16-39(46)26-27-49(56)48-24-13-25-51-55(48)50-33-41-19-7-8-20-42(41)34-52(50)58(51)43-29-36-28-37(31-43)32-44(58)30-36/h1-27,33-37,43-44H,28-32H2. The summed E-state index contributed by atoms with van der Waals surface area (Å²) in [5.74, 6) is 3.87. The molecule has 0 radical (unpaired) electrons. The fourth-order valence-electron chi connectivity index (χ4n) is 12.9. The predicted octanol–water partition coefficient (Wildman–Crippen LogP) is 14.8. The van der Waals surface area contributed by atoms with Crippen LogP contribution in [0.1, 0.15) is 43.2 Å². The fourth-order valence-corrected chi connectivity index (χ4v) is 12.9. The molecule has 9 aromatic rings. The van der Waals surface area contributed by atoms with E-state index in [2.05, 4.69) is 182 Å². The summed E-state index contributed by atoms with van der Waals surface area (Å²) < 4.78 is 0. The van der Waals surface area contributed by atoms with E-state index in [1.165, 1.54) is 81.5 Å². The molecule has 8 aromatic carbocycles. The summed E-state index contributed by atoms with van der Waals surface area (Å²) in [5.41, 5.74) is 16.1. The van der Waals surface area contributed by atoms with Gasteiger partial charge in [-0.15, -0.1) is 0 Å². The summed E-state index contributed by atoms with van der Waals surface area (Å²) >= 11 is 0. The van der Waals surface area contributed by atoms with Crippen LogP contribution in [0, 0.1) is 23.7 Å². The average Bonchev–Trinajstić information content (AvgIpc) is 3.59. The molecule has 0 unspecified atom stereocenters. The topological polar surface area (TPSA) is 25.8 Å². The van der Waals surface area contributed by atoms with E-state index in [0.29, 0.717) is 11.8 Å². The Morgan fingerprint density at radius 3 is 1.70 bits per heavy atom. The highest BCUT2D eigenvalue weighted by Gasteiger charge is 2.61. The van der Waals surface area contributed by atoms with Gasteiger partial charge in [0, 0.05) is 22.1 Å². The maximum Gasteiger partial charge on any atom is 0.160 e. The van der Waals surface area contributed by atoms with Gasteiger partial charge in [0.25, 0.3) is 0 Å². The lowest BCUT2D eigenvalue weighted by Crippen LogP contribution is -2.55. The monoisotopic (exact) mass is 768 g/mol. The van der Waals surface area contributed by atoms with Crippen molar-refractivity contribution in [2.24, 2.45) is 23.7 Å². The minimum Gasteiger partial charge on any atom is -0.228 e. The summed E-state index contributed by atoms with van der Waals surface area (Å²) in [6.07, 6.45) is 6.89. The van der Waals surface area contributed by atoms with Crippen LogP contribution in [-0.4, -0.2) is 9.97 Å². The van der Waals surface area contributed by atoms with Crippen LogP contribution in [0.15, 0.2) is 182 Å². The van der Waals surface area contributed by atoms with Gasteiger partial charge in [0.1, 0.15) is 0 Å². The van der Waals surface area contributed by atoms with E-state index in [1.54, 1.807) is 11.1 Å². The number of nitrogens with zero attached hydrogens (tertiary/aromatic N) is 2. The Morgan fingerprint density at radius 1 is 0.367 bits per heavy atom. The Morgan fingerprint density at radius 2 is 0.950 bits per heavy atom. The molecule has 0 aliphatic heterocycles. The molecule has 5 aliphatic carbocycles. The average molecular weight is 769 g/mol. The molecule has 4 fully saturated rings. The molecule has 1 heterocycles. The zero-order valence-electron chi connectivity index (χ0n) is 33.6. The van der Waals surface area contributed by atoms with Gasteiger partial charge >= 0.3 is 0 Å². The van der Waals surface area contributed by atoms with Gasteiger partial charge < -0.3 is 0 Å². The highest BCUT2D eigenvalue weighted by atomic mass is 14.9. The van der Waals surface area contributed by atoms with Gasteiger partial charge in [-0.25, -0.2) is 9.97 Å². The van der Waals surface area contributed by atoms with Crippen molar-refractivity contribution >= 4 is 21.5 Å². The van der Waals surface area contributed by atoms with Crippen molar-refractivity contribution in [2.45, 2.75) is 37.5 Å². The lowest BCUT2D eigenvalue weighted by atomic mass is 9.43. The lowest BCUT2D eigenvalue weighted by molar-refractivity contribution is -0.0398. The fraction of sp³-hybridized carbons (Fsp3) is 0.172. The van der Waals surface area contributed by atoms with Crippen molar-refractivity contribution in [3.05, 3.63) is 193 Å². The first kappa shape index (κ1) is 34.2. The number of rotatable bonds is 5. The molecule has 2 nitrogen and oxygen atoms in total. The van der Waals surface area contributed by atoms with Gasteiger partial charge in [-0.2, -0.15) is 0 Å². The predicted molar refractivity (Wildman–Crippen MR) is 247 cm³/mol. The molecule has 286 valence electrons. The van der Waals surface area contributed by atoms with Crippen LogP contribution in [0.5, 0.6) is 0 Å². The zero-order valence-corrected chi connectivity index (χ0v) is 33.6. The molecule has 1 spiro atoms. The van der Waals surface area contributed by atoms with Crippen molar-refractivity contribution in [3.63, 3.8) is 0 Å². The second-order valence-corrected chi connectivity index (χ2v) is 18.1. The molecule has 5 aliphatic rings. The van der Waals surface area contributed by atoms with Gasteiger partial charge in [-0.1, -0.05) is 164 Å². The molecule has 4 bridgehead atoms. The Bertz CT molecular complexity index is 3130. The van der Waals surface area contributed by atoms with Crippen LogP contribution in [0.2, 0.25) is 0 Å². The smallest absolute Gasteiger partial charge is 0.160 e. The normalized spacial score (nSPS) is 22.1. The Labute approximate surface area is 351 Å². The van der Waals surface area contributed by atoms with Gasteiger partial charge in [0.15, 0.2) is 5.82 Å². The van der Waals surface area contributed by atoms with Gasteiger partial charge in [-0.3, -0.25) is 0 Å². The molecular weight excluding hydrogens is 725 g/mol. The summed E-state index contributed by atoms with van der Waals surface area (Å²) in [7, 11) is 0. The number of fused-ring (bicyclic) bond motifs is 5. The largest absolute Gasteiger partial charge is 0.228 e. The summed E-state index contributed by atoms with van der Waals surface area (Å²) in [6, 6.07) is 67.2. The molecule has 0 N–H and O–H groups in total. The van der Waals surface area contributed by atoms with Crippen molar-refractivity contribution < 1.29 is 0 Å². The van der Waals surface area contributed by atoms with Gasteiger partial charge in [0.05, 0.1) is 11.4 Å². The van der Waals surface area contributed by atoms with Crippen LogP contribution < -0.4 is 0 Å². The second-order valence-electron chi connectivity index (χ2n) is 18.1. The van der Waals surface area contributed by atoms with E-state index < -0.39 is 0 Å². The van der Waals surface area contributed by atoms with E-state index in [-0.39, 0.29) is 5.41 Å². The van der Waals surface area contributed by atoms with Gasteiger partial charge in [-0.05, 0) is 140 Å². The van der Waals surface area contributed by atoms with Crippen LogP contribution in [0.3, 0.4) is 0 Å². The number of benzene rings is 8. The van der Waals surface area contributed by atoms with Gasteiger partial charge in [0.2, 0.25) is 0 Å². The second kappa shape index (κ2) is 13.2. The van der Waals surface area contributed by atoms with Crippen molar-refractivity contribution in [3.8, 4) is 67.3 Å². The molecule has 1 aromatic heterocycles.